The number of nitrogens with one attached hydrogen (secondary N) is 1. The second kappa shape index (κ2) is 6.37. The lowest BCUT2D eigenvalue weighted by Crippen LogP contribution is -2.15. The van der Waals surface area contributed by atoms with E-state index >= 15 is 0 Å². The molecule has 124 valence electrons. The number of benzene rings is 1. The molecule has 2 rings (SSSR count). The van der Waals surface area contributed by atoms with Crippen LogP contribution in [0.5, 0.6) is 5.75 Å². The topological polar surface area (TPSA) is 103 Å². The fourth-order valence-corrected chi connectivity index (χ4v) is 3.05. The smallest absolute Gasteiger partial charge is 0.266 e. The molecule has 0 radical (unpaired) electrons. The standard InChI is InChI=1S/C14H18N4O4S/c1-9(2)18-8-14(15-17-18)16-23(20,21)13-7-11(10(3)19)5-6-12(13)22-4/h5-9,16H,1-4H3. The Morgan fingerprint density at radius 3 is 2.57 bits per heavy atom. The maximum absolute atomic E-state index is 12.6. The third-order valence-corrected chi connectivity index (χ3v) is 4.51. The van der Waals surface area contributed by atoms with Crippen molar-refractivity contribution in [1.82, 2.24) is 15.0 Å². The summed E-state index contributed by atoms with van der Waals surface area (Å²) in [4.78, 5) is 11.3. The number of sulfonamides is 1. The van der Waals surface area contributed by atoms with Gasteiger partial charge in [0.2, 0.25) is 0 Å². The van der Waals surface area contributed by atoms with Crippen LogP contribution in [0.25, 0.3) is 0 Å². The van der Waals surface area contributed by atoms with Crippen LogP contribution in [-0.4, -0.2) is 36.3 Å². The molecule has 0 saturated carbocycles. The Balaban J connectivity index is 2.41. The lowest BCUT2D eigenvalue weighted by atomic mass is 10.1. The summed E-state index contributed by atoms with van der Waals surface area (Å²) in [6, 6.07) is 4.28. The van der Waals surface area contributed by atoms with Gasteiger partial charge in [0.25, 0.3) is 10.0 Å². The van der Waals surface area contributed by atoms with Gasteiger partial charge in [-0.25, -0.2) is 13.1 Å². The second-order valence-electron chi connectivity index (χ2n) is 5.20. The normalized spacial score (nSPS) is 11.5. The minimum absolute atomic E-state index is 0.0522. The Morgan fingerprint density at radius 1 is 1.35 bits per heavy atom. The van der Waals surface area contributed by atoms with E-state index in [2.05, 4.69) is 15.0 Å². The average molecular weight is 338 g/mol. The van der Waals surface area contributed by atoms with Crippen LogP contribution in [0.2, 0.25) is 0 Å². The van der Waals surface area contributed by atoms with Gasteiger partial charge in [-0.3, -0.25) is 9.52 Å². The molecule has 1 heterocycles. The van der Waals surface area contributed by atoms with E-state index in [0.29, 0.717) is 0 Å². The summed E-state index contributed by atoms with van der Waals surface area (Å²) in [5.41, 5.74) is 0.275. The summed E-state index contributed by atoms with van der Waals surface area (Å²) in [6.45, 7) is 5.15. The van der Waals surface area contributed by atoms with Gasteiger partial charge in [0.1, 0.15) is 10.6 Å². The number of anilines is 1. The van der Waals surface area contributed by atoms with Gasteiger partial charge in [-0.2, -0.15) is 0 Å². The van der Waals surface area contributed by atoms with Crippen LogP contribution < -0.4 is 9.46 Å². The molecule has 2 aromatic rings. The zero-order chi connectivity index (χ0) is 17.2. The Kier molecular flexibility index (Phi) is 4.69. The number of carbonyl (C=O) groups excluding carboxylic acids is 1. The fraction of sp³-hybridized carbons (Fsp3) is 0.357. The van der Waals surface area contributed by atoms with E-state index in [-0.39, 0.29) is 33.9 Å². The maximum atomic E-state index is 12.6. The van der Waals surface area contributed by atoms with Crippen molar-refractivity contribution >= 4 is 21.6 Å². The van der Waals surface area contributed by atoms with E-state index in [9.17, 15) is 13.2 Å². The molecule has 0 saturated heterocycles. The van der Waals surface area contributed by atoms with Gasteiger partial charge in [-0.15, -0.1) is 5.10 Å². The molecule has 0 amide bonds. The molecule has 1 aromatic carbocycles. The fourth-order valence-electron chi connectivity index (χ4n) is 1.87. The molecule has 0 unspecified atom stereocenters. The SMILES string of the molecule is COc1ccc(C(C)=O)cc1S(=O)(=O)Nc1cn(C(C)C)nn1. The van der Waals surface area contributed by atoms with E-state index in [0.717, 1.165) is 0 Å². The molecule has 1 aromatic heterocycles. The Hall–Kier alpha value is -2.42. The highest BCUT2D eigenvalue weighted by Gasteiger charge is 2.22. The van der Waals surface area contributed by atoms with Gasteiger partial charge < -0.3 is 4.74 Å². The first kappa shape index (κ1) is 16.9. The summed E-state index contributed by atoms with van der Waals surface area (Å²) in [7, 11) is -2.61. The van der Waals surface area contributed by atoms with Gasteiger partial charge in [-0.1, -0.05) is 5.21 Å². The summed E-state index contributed by atoms with van der Waals surface area (Å²) >= 11 is 0. The lowest BCUT2D eigenvalue weighted by Gasteiger charge is -2.11. The number of ether oxygens (including phenoxy) is 1. The predicted octanol–water partition coefficient (Wildman–Crippen LogP) is 1.87. The van der Waals surface area contributed by atoms with Gasteiger partial charge >= 0.3 is 0 Å². The molecule has 0 aliphatic heterocycles. The van der Waals surface area contributed by atoms with Crippen molar-refractivity contribution in [3.63, 3.8) is 0 Å². The van der Waals surface area contributed by atoms with E-state index in [1.54, 1.807) is 0 Å². The van der Waals surface area contributed by atoms with Crippen molar-refractivity contribution in [2.45, 2.75) is 31.7 Å². The molecule has 0 spiro atoms. The molecule has 0 bridgehead atoms. The molecule has 0 atom stereocenters. The summed E-state index contributed by atoms with van der Waals surface area (Å²) in [5, 5.41) is 7.61. The van der Waals surface area contributed by atoms with Crippen LogP contribution in [0.4, 0.5) is 5.82 Å². The van der Waals surface area contributed by atoms with Gasteiger partial charge in [-0.05, 0) is 39.0 Å². The number of rotatable bonds is 6. The van der Waals surface area contributed by atoms with Crippen molar-refractivity contribution in [2.75, 3.05) is 11.8 Å². The highest BCUT2D eigenvalue weighted by atomic mass is 32.2. The third kappa shape index (κ3) is 3.67. The zero-order valence-corrected chi connectivity index (χ0v) is 14.1. The van der Waals surface area contributed by atoms with Crippen LogP contribution in [-0.2, 0) is 10.0 Å². The van der Waals surface area contributed by atoms with Crippen molar-refractivity contribution in [2.24, 2.45) is 0 Å². The molecular formula is C14H18N4O4S. The highest BCUT2D eigenvalue weighted by Crippen LogP contribution is 2.26. The quantitative estimate of drug-likeness (QED) is 0.807. The summed E-state index contributed by atoms with van der Waals surface area (Å²) < 4.78 is 34.1. The first-order chi connectivity index (χ1) is 10.7. The largest absolute Gasteiger partial charge is 0.495 e. The number of nitrogens with zero attached hydrogens (tertiary/aromatic N) is 3. The van der Waals surface area contributed by atoms with E-state index < -0.39 is 10.0 Å². The monoisotopic (exact) mass is 338 g/mol. The predicted molar refractivity (Wildman–Crippen MR) is 84.2 cm³/mol. The number of methoxy groups -OCH3 is 1. The summed E-state index contributed by atoms with van der Waals surface area (Å²) in [5.74, 6) is -0.0115. The van der Waals surface area contributed by atoms with E-state index in [4.69, 9.17) is 4.74 Å². The van der Waals surface area contributed by atoms with Crippen molar-refractivity contribution in [3.05, 3.63) is 30.0 Å². The second-order valence-corrected chi connectivity index (χ2v) is 6.86. The van der Waals surface area contributed by atoms with Crippen molar-refractivity contribution < 1.29 is 17.9 Å². The van der Waals surface area contributed by atoms with Gasteiger partial charge in [0, 0.05) is 11.6 Å². The van der Waals surface area contributed by atoms with Crippen LogP contribution >= 0.6 is 0 Å². The molecule has 1 N–H and O–H groups in total. The maximum Gasteiger partial charge on any atom is 0.266 e. The van der Waals surface area contributed by atoms with Crippen LogP contribution in [0.3, 0.4) is 0 Å². The number of Topliss-reactive ketones (excluding diaryl/α,β-unsaturated/α-hetero) is 1. The molecule has 0 aliphatic rings. The molecule has 9 heteroatoms. The van der Waals surface area contributed by atoms with Crippen molar-refractivity contribution in [1.29, 1.82) is 0 Å². The number of aromatic nitrogens is 3. The molecule has 0 fully saturated rings. The molecule has 0 aliphatic carbocycles. The van der Waals surface area contributed by atoms with Crippen LogP contribution in [0.1, 0.15) is 37.2 Å². The number of hydrogen-bond donors (Lipinski definition) is 1. The number of ketones is 1. The van der Waals surface area contributed by atoms with Gasteiger partial charge in [0.15, 0.2) is 11.6 Å². The average Bonchev–Trinajstić information content (AvgIpc) is 2.94. The number of hydrogen-bond acceptors (Lipinski definition) is 6. The zero-order valence-electron chi connectivity index (χ0n) is 13.3. The minimum atomic E-state index is -3.97. The molecule has 8 nitrogen and oxygen atoms in total. The van der Waals surface area contributed by atoms with E-state index in [1.807, 2.05) is 13.8 Å². The first-order valence-electron chi connectivity index (χ1n) is 6.88. The third-order valence-electron chi connectivity index (χ3n) is 3.14. The van der Waals surface area contributed by atoms with Crippen molar-refractivity contribution in [3.8, 4) is 5.75 Å². The molecular weight excluding hydrogens is 320 g/mol. The first-order valence-corrected chi connectivity index (χ1v) is 8.36. The Bertz CT molecular complexity index is 827. The highest BCUT2D eigenvalue weighted by molar-refractivity contribution is 7.92. The molecule has 23 heavy (non-hydrogen) atoms. The van der Waals surface area contributed by atoms with Crippen LogP contribution in [0, 0.1) is 0 Å². The lowest BCUT2D eigenvalue weighted by molar-refractivity contribution is 0.101. The van der Waals surface area contributed by atoms with E-state index in [1.165, 1.54) is 43.1 Å². The Labute approximate surface area is 134 Å². The Morgan fingerprint density at radius 2 is 2.04 bits per heavy atom. The van der Waals surface area contributed by atoms with Gasteiger partial charge in [0.05, 0.1) is 13.3 Å². The number of carbonyl (C=O) groups is 1. The minimum Gasteiger partial charge on any atom is -0.495 e. The van der Waals surface area contributed by atoms with Crippen LogP contribution in [0.15, 0.2) is 29.3 Å². The summed E-state index contributed by atoms with van der Waals surface area (Å²) in [6.07, 6.45) is 1.49.